The first-order chi connectivity index (χ1) is 8.22. The zero-order chi connectivity index (χ0) is 12.3. The first-order valence-electron chi connectivity index (χ1n) is 6.30. The summed E-state index contributed by atoms with van der Waals surface area (Å²) in [7, 11) is 0. The third-order valence-electron chi connectivity index (χ3n) is 3.55. The van der Waals surface area contributed by atoms with Crippen molar-refractivity contribution in [2.45, 2.75) is 39.3 Å². The van der Waals surface area contributed by atoms with Crippen LogP contribution in [0, 0.1) is 17.2 Å². The van der Waals surface area contributed by atoms with Crippen molar-refractivity contribution in [3.05, 3.63) is 29.6 Å². The van der Waals surface area contributed by atoms with E-state index in [0.717, 1.165) is 18.7 Å². The van der Waals surface area contributed by atoms with Crippen LogP contribution in [0.2, 0.25) is 0 Å². The van der Waals surface area contributed by atoms with Crippen LogP contribution in [0.25, 0.3) is 0 Å². The Morgan fingerprint density at radius 3 is 3.12 bits per heavy atom. The van der Waals surface area contributed by atoms with Crippen LogP contribution in [0.5, 0.6) is 0 Å². The largest absolute Gasteiger partial charge is 0.296 e. The molecule has 3 heteroatoms. The zero-order valence-corrected chi connectivity index (χ0v) is 10.6. The highest BCUT2D eigenvalue weighted by molar-refractivity contribution is 5.30. The number of aromatic nitrogens is 1. The summed E-state index contributed by atoms with van der Waals surface area (Å²) in [4.78, 5) is 6.61. The van der Waals surface area contributed by atoms with Crippen molar-refractivity contribution in [3.63, 3.8) is 0 Å². The average molecular weight is 229 g/mol. The van der Waals surface area contributed by atoms with E-state index in [9.17, 15) is 0 Å². The molecule has 0 spiro atoms. The molecule has 1 fully saturated rings. The van der Waals surface area contributed by atoms with Gasteiger partial charge >= 0.3 is 0 Å². The minimum Gasteiger partial charge on any atom is -0.296 e. The van der Waals surface area contributed by atoms with Gasteiger partial charge in [0.1, 0.15) is 11.8 Å². The second-order valence-electron chi connectivity index (χ2n) is 5.05. The number of nitrogens with zero attached hydrogens (tertiary/aromatic N) is 3. The molecule has 3 nitrogen and oxygen atoms in total. The van der Waals surface area contributed by atoms with Crippen LogP contribution in [-0.2, 0) is 6.54 Å². The van der Waals surface area contributed by atoms with Crippen LogP contribution in [-0.4, -0.2) is 22.5 Å². The minimum atomic E-state index is 0.571. The Labute approximate surface area is 103 Å². The van der Waals surface area contributed by atoms with Crippen molar-refractivity contribution in [2.75, 3.05) is 6.54 Å². The number of likely N-dealkylation sites (tertiary alicyclic amines) is 1. The van der Waals surface area contributed by atoms with Crippen molar-refractivity contribution in [1.29, 1.82) is 5.26 Å². The number of nitriles is 1. The number of hydrogen-bond donors (Lipinski definition) is 0. The van der Waals surface area contributed by atoms with Gasteiger partial charge in [0.2, 0.25) is 0 Å². The highest BCUT2D eigenvalue weighted by Gasteiger charge is 2.27. The summed E-state index contributed by atoms with van der Waals surface area (Å²) >= 11 is 0. The number of rotatable bonds is 3. The van der Waals surface area contributed by atoms with E-state index in [1.54, 1.807) is 6.20 Å². The molecule has 1 saturated heterocycles. The highest BCUT2D eigenvalue weighted by Crippen LogP contribution is 2.25. The molecule has 1 aliphatic heterocycles. The van der Waals surface area contributed by atoms with Crippen LogP contribution < -0.4 is 0 Å². The monoisotopic (exact) mass is 229 g/mol. The lowest BCUT2D eigenvalue weighted by atomic mass is 10.0. The lowest BCUT2D eigenvalue weighted by Crippen LogP contribution is -2.33. The van der Waals surface area contributed by atoms with Crippen LogP contribution in [0.15, 0.2) is 18.3 Å². The topological polar surface area (TPSA) is 39.9 Å². The molecule has 2 rings (SSSR count). The SMILES string of the molecule is CC(C)C1CCCN1Cc1cccnc1C#N. The molecule has 0 radical (unpaired) electrons. The standard InChI is InChI=1S/C14H19N3/c1-11(2)14-6-4-8-17(14)10-12-5-3-7-16-13(12)9-15/h3,5,7,11,14H,4,6,8,10H2,1-2H3. The van der Waals surface area contributed by atoms with Gasteiger partial charge in [-0.25, -0.2) is 4.98 Å². The Bertz CT molecular complexity index is 420. The summed E-state index contributed by atoms with van der Waals surface area (Å²) in [5, 5.41) is 9.04. The summed E-state index contributed by atoms with van der Waals surface area (Å²) in [6.45, 7) is 6.55. The van der Waals surface area contributed by atoms with E-state index in [1.807, 2.05) is 12.1 Å². The van der Waals surface area contributed by atoms with E-state index in [-0.39, 0.29) is 0 Å². The first-order valence-corrected chi connectivity index (χ1v) is 6.30. The molecule has 1 atom stereocenters. The fraction of sp³-hybridized carbons (Fsp3) is 0.571. The second-order valence-corrected chi connectivity index (χ2v) is 5.05. The number of hydrogen-bond acceptors (Lipinski definition) is 3. The zero-order valence-electron chi connectivity index (χ0n) is 10.6. The predicted molar refractivity (Wildman–Crippen MR) is 67.2 cm³/mol. The molecule has 0 amide bonds. The quantitative estimate of drug-likeness (QED) is 0.799. The van der Waals surface area contributed by atoms with Crippen molar-refractivity contribution in [3.8, 4) is 6.07 Å². The smallest absolute Gasteiger partial charge is 0.144 e. The van der Waals surface area contributed by atoms with Gasteiger partial charge in [0.05, 0.1) is 0 Å². The molecule has 1 aromatic heterocycles. The second kappa shape index (κ2) is 5.29. The molecule has 0 N–H and O–H groups in total. The Morgan fingerprint density at radius 1 is 1.59 bits per heavy atom. The molecule has 0 saturated carbocycles. The fourth-order valence-corrected chi connectivity index (χ4v) is 2.69. The van der Waals surface area contributed by atoms with Gasteiger partial charge in [-0.3, -0.25) is 4.90 Å². The maximum atomic E-state index is 9.04. The Hall–Kier alpha value is -1.40. The normalized spacial score (nSPS) is 20.7. The van der Waals surface area contributed by atoms with Gasteiger partial charge in [0.15, 0.2) is 0 Å². The molecule has 0 aliphatic carbocycles. The van der Waals surface area contributed by atoms with Crippen molar-refractivity contribution < 1.29 is 0 Å². The molecule has 0 bridgehead atoms. The molecule has 1 aliphatic rings. The molecule has 17 heavy (non-hydrogen) atoms. The van der Waals surface area contributed by atoms with Crippen molar-refractivity contribution in [2.24, 2.45) is 5.92 Å². The molecule has 90 valence electrons. The minimum absolute atomic E-state index is 0.571. The molecule has 2 heterocycles. The van der Waals surface area contributed by atoms with E-state index in [0.29, 0.717) is 17.7 Å². The van der Waals surface area contributed by atoms with E-state index in [2.05, 4.69) is 29.8 Å². The lowest BCUT2D eigenvalue weighted by molar-refractivity contribution is 0.198. The van der Waals surface area contributed by atoms with Crippen LogP contribution in [0.4, 0.5) is 0 Å². The van der Waals surface area contributed by atoms with Gasteiger partial charge < -0.3 is 0 Å². The molecule has 1 unspecified atom stereocenters. The maximum absolute atomic E-state index is 9.04. The predicted octanol–water partition coefficient (Wildman–Crippen LogP) is 2.57. The maximum Gasteiger partial charge on any atom is 0.144 e. The van der Waals surface area contributed by atoms with Gasteiger partial charge in [0, 0.05) is 24.3 Å². The Kier molecular flexibility index (Phi) is 3.75. The van der Waals surface area contributed by atoms with E-state index < -0.39 is 0 Å². The van der Waals surface area contributed by atoms with Gasteiger partial charge in [-0.1, -0.05) is 19.9 Å². The fourth-order valence-electron chi connectivity index (χ4n) is 2.69. The summed E-state index contributed by atoms with van der Waals surface area (Å²) in [5.74, 6) is 0.680. The summed E-state index contributed by atoms with van der Waals surface area (Å²) in [6.07, 6.45) is 4.23. The summed E-state index contributed by atoms with van der Waals surface area (Å²) in [5.41, 5.74) is 1.63. The van der Waals surface area contributed by atoms with Crippen molar-refractivity contribution >= 4 is 0 Å². The van der Waals surface area contributed by atoms with E-state index >= 15 is 0 Å². The molecular weight excluding hydrogens is 210 g/mol. The van der Waals surface area contributed by atoms with Gasteiger partial charge in [-0.15, -0.1) is 0 Å². The van der Waals surface area contributed by atoms with E-state index in [1.165, 1.54) is 12.8 Å². The van der Waals surface area contributed by atoms with E-state index in [4.69, 9.17) is 5.26 Å². The first kappa shape index (κ1) is 12.1. The van der Waals surface area contributed by atoms with Gasteiger partial charge in [0.25, 0.3) is 0 Å². The van der Waals surface area contributed by atoms with Crippen LogP contribution in [0.1, 0.15) is 37.9 Å². The molecule has 1 aromatic rings. The highest BCUT2D eigenvalue weighted by atomic mass is 15.2. The van der Waals surface area contributed by atoms with Gasteiger partial charge in [-0.2, -0.15) is 5.26 Å². The van der Waals surface area contributed by atoms with Gasteiger partial charge in [-0.05, 0) is 31.4 Å². The Balaban J connectivity index is 2.13. The Morgan fingerprint density at radius 2 is 2.41 bits per heavy atom. The third kappa shape index (κ3) is 2.65. The number of pyridine rings is 1. The van der Waals surface area contributed by atoms with Crippen molar-refractivity contribution in [1.82, 2.24) is 9.88 Å². The molecule has 0 aromatic carbocycles. The molecular formula is C14H19N3. The third-order valence-corrected chi connectivity index (χ3v) is 3.55. The van der Waals surface area contributed by atoms with Crippen LogP contribution >= 0.6 is 0 Å². The average Bonchev–Trinajstić information content (AvgIpc) is 2.78. The summed E-state index contributed by atoms with van der Waals surface area (Å²) in [6, 6.07) is 6.76. The van der Waals surface area contributed by atoms with Crippen LogP contribution in [0.3, 0.4) is 0 Å². The summed E-state index contributed by atoms with van der Waals surface area (Å²) < 4.78 is 0. The lowest BCUT2D eigenvalue weighted by Gasteiger charge is -2.27.